The van der Waals surface area contributed by atoms with Crippen LogP contribution in [-0.2, 0) is 5.41 Å². The van der Waals surface area contributed by atoms with Crippen LogP contribution in [0.25, 0.3) is 0 Å². The lowest BCUT2D eigenvalue weighted by Crippen LogP contribution is -2.27. The molecule has 4 nitrogen and oxygen atoms in total. The molecule has 1 heterocycles. The van der Waals surface area contributed by atoms with Gasteiger partial charge in [0, 0.05) is 25.5 Å². The molecular formula is C21H29N3O. The first-order valence-corrected chi connectivity index (χ1v) is 8.89. The molecular weight excluding hydrogens is 310 g/mol. The van der Waals surface area contributed by atoms with Gasteiger partial charge in [0.05, 0.1) is 17.4 Å². The number of hydrogen-bond donors (Lipinski definition) is 1. The number of hydrogen-bond acceptors (Lipinski definition) is 3. The third-order valence-electron chi connectivity index (χ3n) is 4.22. The molecule has 134 valence electrons. The fourth-order valence-electron chi connectivity index (χ4n) is 2.56. The minimum absolute atomic E-state index is 0.00711. The minimum atomic E-state index is 0.00711. The first-order chi connectivity index (χ1) is 11.8. The second-order valence-corrected chi connectivity index (χ2v) is 7.49. The molecule has 0 saturated carbocycles. The first-order valence-electron chi connectivity index (χ1n) is 8.89. The molecule has 0 radical (unpaired) electrons. The maximum Gasteiger partial charge on any atom is 0.255 e. The SMILES string of the molecule is CCCCN(C)C(=O)c1cncc(Nc2ccc(C(C)(C)C)cc2)c1. The summed E-state index contributed by atoms with van der Waals surface area (Å²) in [7, 11) is 1.84. The van der Waals surface area contributed by atoms with Crippen molar-refractivity contribution in [3.8, 4) is 0 Å². The van der Waals surface area contributed by atoms with Crippen LogP contribution in [0.15, 0.2) is 42.7 Å². The van der Waals surface area contributed by atoms with Gasteiger partial charge in [0.25, 0.3) is 5.91 Å². The van der Waals surface area contributed by atoms with Gasteiger partial charge in [0.15, 0.2) is 0 Å². The zero-order valence-corrected chi connectivity index (χ0v) is 16.0. The number of unbranched alkanes of at least 4 members (excludes halogenated alkanes) is 1. The Labute approximate surface area is 151 Å². The molecule has 4 heteroatoms. The van der Waals surface area contributed by atoms with Gasteiger partial charge in [-0.15, -0.1) is 0 Å². The van der Waals surface area contributed by atoms with Crippen molar-refractivity contribution < 1.29 is 4.79 Å². The van der Waals surface area contributed by atoms with Gasteiger partial charge in [-0.25, -0.2) is 0 Å². The van der Waals surface area contributed by atoms with Gasteiger partial charge in [-0.3, -0.25) is 9.78 Å². The van der Waals surface area contributed by atoms with E-state index in [9.17, 15) is 4.79 Å². The molecule has 0 bridgehead atoms. The van der Waals surface area contributed by atoms with Crippen LogP contribution in [0.1, 0.15) is 56.5 Å². The van der Waals surface area contributed by atoms with Crippen LogP contribution in [0.5, 0.6) is 0 Å². The summed E-state index contributed by atoms with van der Waals surface area (Å²) in [5.74, 6) is 0.00711. The van der Waals surface area contributed by atoms with Gasteiger partial charge in [0.1, 0.15) is 0 Å². The predicted octanol–water partition coefficient (Wildman–Crippen LogP) is 4.99. The summed E-state index contributed by atoms with van der Waals surface area (Å²) in [6.45, 7) is 9.48. The number of nitrogens with zero attached hydrogens (tertiary/aromatic N) is 2. The van der Waals surface area contributed by atoms with E-state index in [1.54, 1.807) is 17.3 Å². The molecule has 0 aliphatic carbocycles. The zero-order valence-electron chi connectivity index (χ0n) is 16.0. The Morgan fingerprint density at radius 1 is 1.12 bits per heavy atom. The van der Waals surface area contributed by atoms with Crippen molar-refractivity contribution in [3.05, 3.63) is 53.9 Å². The predicted molar refractivity (Wildman–Crippen MR) is 105 cm³/mol. The average molecular weight is 339 g/mol. The number of aromatic nitrogens is 1. The highest BCUT2D eigenvalue weighted by Gasteiger charge is 2.14. The van der Waals surface area contributed by atoms with Crippen molar-refractivity contribution in [1.29, 1.82) is 0 Å². The fraction of sp³-hybridized carbons (Fsp3) is 0.429. The molecule has 1 amide bonds. The number of carbonyl (C=O) groups is 1. The molecule has 2 rings (SSSR count). The largest absolute Gasteiger partial charge is 0.354 e. The average Bonchev–Trinajstić information content (AvgIpc) is 2.59. The molecule has 0 unspecified atom stereocenters. The highest BCUT2D eigenvalue weighted by Crippen LogP contribution is 2.25. The minimum Gasteiger partial charge on any atom is -0.354 e. The van der Waals surface area contributed by atoms with Gasteiger partial charge < -0.3 is 10.2 Å². The summed E-state index contributed by atoms with van der Waals surface area (Å²) in [6.07, 6.45) is 5.44. The molecule has 0 aliphatic heterocycles. The number of pyridine rings is 1. The number of amides is 1. The maximum atomic E-state index is 12.5. The van der Waals surface area contributed by atoms with Crippen LogP contribution in [0.3, 0.4) is 0 Å². The molecule has 0 fully saturated rings. The molecule has 0 saturated heterocycles. The Kier molecular flexibility index (Phi) is 6.18. The summed E-state index contributed by atoms with van der Waals surface area (Å²) >= 11 is 0. The lowest BCUT2D eigenvalue weighted by molar-refractivity contribution is 0.0793. The van der Waals surface area contributed by atoms with Gasteiger partial charge in [0.2, 0.25) is 0 Å². The van der Waals surface area contributed by atoms with Crippen LogP contribution in [0, 0.1) is 0 Å². The third kappa shape index (κ3) is 5.31. The Hall–Kier alpha value is -2.36. The Morgan fingerprint density at radius 3 is 2.40 bits per heavy atom. The summed E-state index contributed by atoms with van der Waals surface area (Å²) in [4.78, 5) is 18.4. The lowest BCUT2D eigenvalue weighted by atomic mass is 9.87. The zero-order chi connectivity index (χ0) is 18.4. The van der Waals surface area contributed by atoms with Crippen LogP contribution >= 0.6 is 0 Å². The highest BCUT2D eigenvalue weighted by atomic mass is 16.2. The van der Waals surface area contributed by atoms with Crippen LogP contribution < -0.4 is 5.32 Å². The molecule has 0 spiro atoms. The van der Waals surface area contributed by atoms with Crippen molar-refractivity contribution in [3.63, 3.8) is 0 Å². The monoisotopic (exact) mass is 339 g/mol. The third-order valence-corrected chi connectivity index (χ3v) is 4.22. The topological polar surface area (TPSA) is 45.2 Å². The van der Waals surface area contributed by atoms with E-state index < -0.39 is 0 Å². The molecule has 25 heavy (non-hydrogen) atoms. The van der Waals surface area contributed by atoms with E-state index in [1.165, 1.54) is 5.56 Å². The number of benzene rings is 1. The van der Waals surface area contributed by atoms with Crippen molar-refractivity contribution in [2.45, 2.75) is 46.0 Å². The van der Waals surface area contributed by atoms with Gasteiger partial charge in [-0.2, -0.15) is 0 Å². The number of carbonyl (C=O) groups excluding carboxylic acids is 1. The van der Waals surface area contributed by atoms with Crippen LogP contribution in [0.4, 0.5) is 11.4 Å². The number of anilines is 2. The van der Waals surface area contributed by atoms with Crippen molar-refractivity contribution in [1.82, 2.24) is 9.88 Å². The van der Waals surface area contributed by atoms with Crippen molar-refractivity contribution in [2.24, 2.45) is 0 Å². The molecule has 2 aromatic rings. The summed E-state index contributed by atoms with van der Waals surface area (Å²) in [6, 6.07) is 10.2. The molecule has 0 atom stereocenters. The Balaban J connectivity index is 2.10. The van der Waals surface area contributed by atoms with Crippen molar-refractivity contribution in [2.75, 3.05) is 18.9 Å². The second kappa shape index (κ2) is 8.15. The van der Waals surface area contributed by atoms with Crippen LogP contribution in [-0.4, -0.2) is 29.4 Å². The summed E-state index contributed by atoms with van der Waals surface area (Å²) < 4.78 is 0. The normalized spacial score (nSPS) is 11.2. The molecule has 0 aliphatic rings. The smallest absolute Gasteiger partial charge is 0.255 e. The number of nitrogens with one attached hydrogen (secondary N) is 1. The Morgan fingerprint density at radius 2 is 1.80 bits per heavy atom. The fourth-order valence-corrected chi connectivity index (χ4v) is 2.56. The summed E-state index contributed by atoms with van der Waals surface area (Å²) in [5, 5.41) is 3.33. The van der Waals surface area contributed by atoms with Crippen molar-refractivity contribution >= 4 is 17.3 Å². The van der Waals surface area contributed by atoms with Crippen LogP contribution in [0.2, 0.25) is 0 Å². The number of rotatable bonds is 6. The maximum absolute atomic E-state index is 12.5. The van der Waals surface area contributed by atoms with E-state index in [-0.39, 0.29) is 11.3 Å². The van der Waals surface area contributed by atoms with Gasteiger partial charge in [-0.1, -0.05) is 46.2 Å². The van der Waals surface area contributed by atoms with Gasteiger partial charge >= 0.3 is 0 Å². The second-order valence-electron chi connectivity index (χ2n) is 7.49. The highest BCUT2D eigenvalue weighted by molar-refractivity contribution is 5.94. The van der Waals surface area contributed by atoms with E-state index in [0.717, 1.165) is 30.8 Å². The standard InChI is InChI=1S/C21H29N3O/c1-6-7-12-24(5)20(25)16-13-19(15-22-14-16)23-18-10-8-17(9-11-18)21(2,3)4/h8-11,13-15,23H,6-7,12H2,1-5H3. The van der Waals surface area contributed by atoms with Gasteiger partial charge in [-0.05, 0) is 35.6 Å². The molecule has 1 aromatic heterocycles. The van der Waals surface area contributed by atoms with E-state index in [1.807, 2.05) is 13.1 Å². The molecule has 1 N–H and O–H groups in total. The van der Waals surface area contributed by atoms with E-state index >= 15 is 0 Å². The van der Waals surface area contributed by atoms with E-state index in [0.29, 0.717) is 5.56 Å². The quantitative estimate of drug-likeness (QED) is 0.806. The Bertz CT molecular complexity index is 702. The molecule has 1 aromatic carbocycles. The lowest BCUT2D eigenvalue weighted by Gasteiger charge is -2.19. The van der Waals surface area contributed by atoms with E-state index in [4.69, 9.17) is 0 Å². The summed E-state index contributed by atoms with van der Waals surface area (Å²) in [5.41, 5.74) is 3.83. The van der Waals surface area contributed by atoms with E-state index in [2.05, 4.69) is 62.3 Å². The first kappa shape index (κ1) is 19.0.